The molecule has 0 aliphatic heterocycles. The molecule has 24 heavy (non-hydrogen) atoms. The quantitative estimate of drug-likeness (QED) is 0.481. The maximum absolute atomic E-state index is 11.2. The van der Waals surface area contributed by atoms with Crippen LogP contribution in [0, 0.1) is 0 Å². The second kappa shape index (κ2) is 6.17. The molecule has 2 heteroatoms. The third-order valence-corrected chi connectivity index (χ3v) is 4.40. The Morgan fingerprint density at radius 2 is 1.08 bits per heavy atom. The Morgan fingerprint density at radius 3 is 1.58 bits per heavy atom. The summed E-state index contributed by atoms with van der Waals surface area (Å²) in [6.07, 6.45) is -0.431. The lowest BCUT2D eigenvalue weighted by Crippen LogP contribution is -2.06. The number of hydrogen-bond donors (Lipinski definition) is 0. The summed E-state index contributed by atoms with van der Waals surface area (Å²) in [4.78, 5) is 11.2. The van der Waals surface area contributed by atoms with E-state index in [9.17, 15) is 4.79 Å². The predicted octanol–water partition coefficient (Wildman–Crippen LogP) is 5.26. The first-order chi connectivity index (χ1) is 11.9. The minimum absolute atomic E-state index is 0.431. The molecule has 0 heterocycles. The van der Waals surface area contributed by atoms with Gasteiger partial charge in [-0.1, -0.05) is 84.9 Å². The fourth-order valence-corrected chi connectivity index (χ4v) is 3.33. The van der Waals surface area contributed by atoms with Crippen LogP contribution in [0.15, 0.2) is 84.9 Å². The van der Waals surface area contributed by atoms with E-state index in [4.69, 9.17) is 4.74 Å². The fourth-order valence-electron chi connectivity index (χ4n) is 3.33. The molecule has 0 bridgehead atoms. The minimum Gasteiger partial charge on any atom is -0.455 e. The Morgan fingerprint density at radius 1 is 0.625 bits per heavy atom. The molecule has 0 unspecified atom stereocenters. The van der Waals surface area contributed by atoms with Gasteiger partial charge in [-0.15, -0.1) is 0 Å². The Labute approximate surface area is 140 Å². The van der Waals surface area contributed by atoms with E-state index in [1.807, 2.05) is 48.5 Å². The molecular formula is C22H16O2. The molecule has 0 aromatic heterocycles. The Kier molecular flexibility index (Phi) is 3.72. The zero-order valence-electron chi connectivity index (χ0n) is 13.1. The summed E-state index contributed by atoms with van der Waals surface area (Å²) in [6, 6.07) is 28.5. The van der Waals surface area contributed by atoms with Crippen LogP contribution in [0.3, 0.4) is 0 Å². The molecule has 0 aliphatic rings. The Bertz CT molecular complexity index is 930. The molecule has 4 aromatic carbocycles. The first-order valence-corrected chi connectivity index (χ1v) is 7.93. The zero-order chi connectivity index (χ0) is 16.4. The van der Waals surface area contributed by atoms with Crippen molar-refractivity contribution in [3.8, 4) is 0 Å². The number of ether oxygens (including phenoxy) is 1. The van der Waals surface area contributed by atoms with Gasteiger partial charge in [-0.3, -0.25) is 4.79 Å². The summed E-state index contributed by atoms with van der Waals surface area (Å²) in [7, 11) is 0. The van der Waals surface area contributed by atoms with Crippen LogP contribution in [0.2, 0.25) is 0 Å². The highest BCUT2D eigenvalue weighted by Gasteiger charge is 2.19. The second-order valence-electron chi connectivity index (χ2n) is 5.75. The van der Waals surface area contributed by atoms with E-state index in [1.54, 1.807) is 0 Å². The first kappa shape index (κ1) is 14.5. The molecule has 0 spiro atoms. The van der Waals surface area contributed by atoms with Crippen LogP contribution in [-0.2, 0) is 9.53 Å². The van der Waals surface area contributed by atoms with Gasteiger partial charge in [-0.2, -0.15) is 0 Å². The van der Waals surface area contributed by atoms with E-state index in [0.29, 0.717) is 6.47 Å². The van der Waals surface area contributed by atoms with Gasteiger partial charge in [0, 0.05) is 11.1 Å². The van der Waals surface area contributed by atoms with Crippen molar-refractivity contribution in [2.24, 2.45) is 0 Å². The molecule has 4 aromatic rings. The zero-order valence-corrected chi connectivity index (χ0v) is 13.1. The molecule has 2 nitrogen and oxygen atoms in total. The predicted molar refractivity (Wildman–Crippen MR) is 96.9 cm³/mol. The summed E-state index contributed by atoms with van der Waals surface area (Å²) in [6.45, 7) is 0.536. The average molecular weight is 312 g/mol. The van der Waals surface area contributed by atoms with Crippen LogP contribution in [0.25, 0.3) is 21.5 Å². The first-order valence-electron chi connectivity index (χ1n) is 7.93. The van der Waals surface area contributed by atoms with Crippen LogP contribution in [-0.4, -0.2) is 6.47 Å². The van der Waals surface area contributed by atoms with Crippen molar-refractivity contribution in [2.45, 2.75) is 6.10 Å². The minimum atomic E-state index is -0.431. The summed E-state index contributed by atoms with van der Waals surface area (Å²) in [5.74, 6) is 0. The summed E-state index contributed by atoms with van der Waals surface area (Å²) in [5.41, 5.74) is 1.99. The Hall–Kier alpha value is -3.13. The van der Waals surface area contributed by atoms with Gasteiger partial charge in [-0.05, 0) is 21.5 Å². The van der Waals surface area contributed by atoms with E-state index < -0.39 is 6.10 Å². The van der Waals surface area contributed by atoms with Gasteiger partial charge in [0.2, 0.25) is 0 Å². The maximum atomic E-state index is 11.2. The lowest BCUT2D eigenvalue weighted by atomic mass is 9.92. The number of hydrogen-bond acceptors (Lipinski definition) is 2. The SMILES string of the molecule is O=COC(c1cccc2ccccc12)c1cccc2ccccc12. The summed E-state index contributed by atoms with van der Waals surface area (Å²) in [5, 5.41) is 4.46. The smallest absolute Gasteiger partial charge is 0.294 e. The van der Waals surface area contributed by atoms with E-state index in [-0.39, 0.29) is 0 Å². The number of carbonyl (C=O) groups excluding carboxylic acids is 1. The van der Waals surface area contributed by atoms with Crippen LogP contribution in [0.5, 0.6) is 0 Å². The van der Waals surface area contributed by atoms with Crippen LogP contribution >= 0.6 is 0 Å². The molecule has 0 N–H and O–H groups in total. The second-order valence-corrected chi connectivity index (χ2v) is 5.75. The van der Waals surface area contributed by atoms with Gasteiger partial charge < -0.3 is 4.74 Å². The highest BCUT2D eigenvalue weighted by atomic mass is 16.5. The molecule has 0 saturated heterocycles. The van der Waals surface area contributed by atoms with Crippen molar-refractivity contribution in [3.63, 3.8) is 0 Å². The van der Waals surface area contributed by atoms with Gasteiger partial charge in [0.05, 0.1) is 0 Å². The topological polar surface area (TPSA) is 26.3 Å². The Balaban J connectivity index is 1.98. The highest BCUT2D eigenvalue weighted by Crippen LogP contribution is 2.35. The molecule has 0 radical (unpaired) electrons. The monoisotopic (exact) mass is 312 g/mol. The van der Waals surface area contributed by atoms with Gasteiger partial charge in [0.1, 0.15) is 0 Å². The maximum Gasteiger partial charge on any atom is 0.294 e. The summed E-state index contributed by atoms with van der Waals surface area (Å²) < 4.78 is 5.55. The van der Waals surface area contributed by atoms with E-state index in [0.717, 1.165) is 32.7 Å². The highest BCUT2D eigenvalue weighted by molar-refractivity contribution is 5.90. The van der Waals surface area contributed by atoms with Gasteiger partial charge >= 0.3 is 0 Å². The van der Waals surface area contributed by atoms with Crippen LogP contribution in [0.4, 0.5) is 0 Å². The number of rotatable bonds is 4. The van der Waals surface area contributed by atoms with Crippen molar-refractivity contribution in [3.05, 3.63) is 96.1 Å². The normalized spacial score (nSPS) is 11.0. The molecular weight excluding hydrogens is 296 g/mol. The summed E-state index contributed by atoms with van der Waals surface area (Å²) >= 11 is 0. The molecule has 0 atom stereocenters. The molecule has 4 rings (SSSR count). The van der Waals surface area contributed by atoms with Crippen molar-refractivity contribution in [1.29, 1.82) is 0 Å². The van der Waals surface area contributed by atoms with Crippen LogP contribution in [0.1, 0.15) is 17.2 Å². The van der Waals surface area contributed by atoms with Crippen LogP contribution < -0.4 is 0 Å². The molecule has 0 aliphatic carbocycles. The van der Waals surface area contributed by atoms with Crippen molar-refractivity contribution >= 4 is 28.0 Å². The fraction of sp³-hybridized carbons (Fsp3) is 0.0455. The number of fused-ring (bicyclic) bond motifs is 2. The number of carbonyl (C=O) groups is 1. The average Bonchev–Trinajstić information content (AvgIpc) is 2.65. The van der Waals surface area contributed by atoms with Gasteiger partial charge in [0.15, 0.2) is 6.10 Å². The molecule has 0 fully saturated rings. The molecule has 0 saturated carbocycles. The van der Waals surface area contributed by atoms with Crippen molar-refractivity contribution in [1.82, 2.24) is 0 Å². The number of benzene rings is 4. The van der Waals surface area contributed by atoms with E-state index in [2.05, 4.69) is 36.4 Å². The van der Waals surface area contributed by atoms with Gasteiger partial charge in [-0.25, -0.2) is 0 Å². The third-order valence-electron chi connectivity index (χ3n) is 4.40. The van der Waals surface area contributed by atoms with Gasteiger partial charge in [0.25, 0.3) is 6.47 Å². The molecule has 0 amide bonds. The largest absolute Gasteiger partial charge is 0.455 e. The lowest BCUT2D eigenvalue weighted by molar-refractivity contribution is -0.132. The third kappa shape index (κ3) is 2.42. The lowest BCUT2D eigenvalue weighted by Gasteiger charge is -2.20. The van der Waals surface area contributed by atoms with E-state index in [1.165, 1.54) is 0 Å². The van der Waals surface area contributed by atoms with Crippen molar-refractivity contribution in [2.75, 3.05) is 0 Å². The standard InChI is InChI=1S/C22H16O2/c23-15-24-22(20-13-5-9-16-7-1-3-11-18(16)20)21-14-6-10-17-8-2-4-12-19(17)21/h1-15,22H. The van der Waals surface area contributed by atoms with Crippen molar-refractivity contribution < 1.29 is 9.53 Å². The molecule has 116 valence electrons. The van der Waals surface area contributed by atoms with E-state index >= 15 is 0 Å².